The van der Waals surface area contributed by atoms with Crippen molar-refractivity contribution in [3.05, 3.63) is 71.0 Å². The second kappa shape index (κ2) is 11.6. The summed E-state index contributed by atoms with van der Waals surface area (Å²) in [5.74, 6) is 0.0724. The van der Waals surface area contributed by atoms with Gasteiger partial charge >= 0.3 is 0 Å². The van der Waals surface area contributed by atoms with Crippen molar-refractivity contribution in [3.8, 4) is 0 Å². The van der Waals surface area contributed by atoms with E-state index >= 15 is 0 Å². The molecule has 3 rings (SSSR count). The van der Waals surface area contributed by atoms with Crippen LogP contribution in [0.3, 0.4) is 0 Å². The number of carbonyl (C=O) groups is 2. The molecule has 1 fully saturated rings. The number of hydrogen-bond donors (Lipinski definition) is 2. The molecule has 0 spiro atoms. The summed E-state index contributed by atoms with van der Waals surface area (Å²) in [5.41, 5.74) is 2.83. The molecule has 0 radical (unpaired) electrons. The van der Waals surface area contributed by atoms with Crippen molar-refractivity contribution in [3.63, 3.8) is 0 Å². The van der Waals surface area contributed by atoms with Gasteiger partial charge < -0.3 is 10.6 Å². The Labute approximate surface area is 184 Å². The van der Waals surface area contributed by atoms with Gasteiger partial charge in [0.15, 0.2) is 0 Å². The van der Waals surface area contributed by atoms with Crippen molar-refractivity contribution in [1.82, 2.24) is 15.5 Å². The highest BCUT2D eigenvalue weighted by molar-refractivity contribution is 5.94. The lowest BCUT2D eigenvalue weighted by atomic mass is 9.99. The molecule has 1 aliphatic rings. The summed E-state index contributed by atoms with van der Waals surface area (Å²) in [5, 5.41) is 5.76. The zero-order valence-corrected chi connectivity index (χ0v) is 18.2. The first-order valence-electron chi connectivity index (χ1n) is 11.1. The third-order valence-corrected chi connectivity index (χ3v) is 5.70. The van der Waals surface area contributed by atoms with Crippen LogP contribution in [-0.2, 0) is 17.9 Å². The van der Waals surface area contributed by atoms with Crippen LogP contribution in [0.2, 0.25) is 0 Å². The van der Waals surface area contributed by atoms with Gasteiger partial charge in [-0.15, -0.1) is 0 Å². The number of carbonyl (C=O) groups excluding carboxylic acids is 2. The largest absolute Gasteiger partial charge is 0.352 e. The normalized spacial score (nSPS) is 16.6. The van der Waals surface area contributed by atoms with Crippen LogP contribution in [0.15, 0.2) is 48.5 Å². The predicted octanol–water partition coefficient (Wildman–Crippen LogP) is 3.88. The van der Waals surface area contributed by atoms with E-state index in [4.69, 9.17) is 0 Å². The average Bonchev–Trinajstić information content (AvgIpc) is 2.76. The Hall–Kier alpha value is -2.73. The average molecular weight is 426 g/mol. The summed E-state index contributed by atoms with van der Waals surface area (Å²) in [6.45, 7) is 6.40. The SMILES string of the molecule is CC1CCCN(Cc2ccccc2CNC(=O)CCCNC(=O)c2ccc(F)cc2)C1. The predicted molar refractivity (Wildman–Crippen MR) is 120 cm³/mol. The molecule has 1 saturated heterocycles. The molecule has 5 nitrogen and oxygen atoms in total. The monoisotopic (exact) mass is 425 g/mol. The van der Waals surface area contributed by atoms with Crippen LogP contribution in [0.4, 0.5) is 4.39 Å². The standard InChI is InChI=1S/C25H32FN3O2/c1-19-6-5-15-29(17-19)18-22-8-3-2-7-21(22)16-28-24(30)9-4-14-27-25(31)20-10-12-23(26)13-11-20/h2-3,7-8,10-13,19H,4-6,9,14-18H2,1H3,(H,27,31)(H,28,30). The molecular weight excluding hydrogens is 393 g/mol. The van der Waals surface area contributed by atoms with Gasteiger partial charge in [-0.2, -0.15) is 0 Å². The summed E-state index contributed by atoms with van der Waals surface area (Å²) in [4.78, 5) is 26.7. The van der Waals surface area contributed by atoms with Gasteiger partial charge in [-0.1, -0.05) is 31.2 Å². The van der Waals surface area contributed by atoms with Gasteiger partial charge in [0.2, 0.25) is 5.91 Å². The topological polar surface area (TPSA) is 61.4 Å². The lowest BCUT2D eigenvalue weighted by molar-refractivity contribution is -0.121. The molecule has 6 heteroatoms. The first-order valence-corrected chi connectivity index (χ1v) is 11.1. The van der Waals surface area contributed by atoms with Gasteiger partial charge in [0.25, 0.3) is 5.91 Å². The third-order valence-electron chi connectivity index (χ3n) is 5.70. The molecule has 1 atom stereocenters. The third kappa shape index (κ3) is 7.47. The molecule has 0 saturated carbocycles. The Morgan fingerprint density at radius 3 is 2.55 bits per heavy atom. The zero-order chi connectivity index (χ0) is 22.1. The van der Waals surface area contributed by atoms with Crippen LogP contribution in [0.1, 0.15) is 54.1 Å². The Bertz CT molecular complexity index is 869. The fourth-order valence-corrected chi connectivity index (χ4v) is 3.99. The molecule has 2 aromatic rings. The van der Waals surface area contributed by atoms with Crippen molar-refractivity contribution in [2.75, 3.05) is 19.6 Å². The molecule has 0 aliphatic carbocycles. The van der Waals surface area contributed by atoms with Gasteiger partial charge in [0.1, 0.15) is 5.82 Å². The second-order valence-corrected chi connectivity index (χ2v) is 8.39. The fourth-order valence-electron chi connectivity index (χ4n) is 3.99. The smallest absolute Gasteiger partial charge is 0.251 e. The van der Waals surface area contributed by atoms with Crippen molar-refractivity contribution in [2.24, 2.45) is 5.92 Å². The van der Waals surface area contributed by atoms with Crippen LogP contribution in [0.5, 0.6) is 0 Å². The van der Waals surface area contributed by atoms with E-state index in [1.165, 1.54) is 42.7 Å². The maximum Gasteiger partial charge on any atom is 0.251 e. The van der Waals surface area contributed by atoms with Gasteiger partial charge in [0, 0.05) is 38.2 Å². The molecule has 2 N–H and O–H groups in total. The number of halogens is 1. The summed E-state index contributed by atoms with van der Waals surface area (Å²) >= 11 is 0. The van der Waals surface area contributed by atoms with Crippen LogP contribution in [-0.4, -0.2) is 36.3 Å². The minimum absolute atomic E-state index is 0.0302. The van der Waals surface area contributed by atoms with E-state index in [9.17, 15) is 14.0 Å². The molecule has 1 heterocycles. The molecule has 166 valence electrons. The van der Waals surface area contributed by atoms with Crippen LogP contribution in [0.25, 0.3) is 0 Å². The van der Waals surface area contributed by atoms with E-state index in [0.717, 1.165) is 31.1 Å². The second-order valence-electron chi connectivity index (χ2n) is 8.39. The number of likely N-dealkylation sites (tertiary alicyclic amines) is 1. The van der Waals surface area contributed by atoms with Gasteiger partial charge in [-0.05, 0) is 67.1 Å². The van der Waals surface area contributed by atoms with E-state index in [1.54, 1.807) is 0 Å². The number of piperidine rings is 1. The lowest BCUT2D eigenvalue weighted by Gasteiger charge is -2.31. The molecular formula is C25H32FN3O2. The number of benzene rings is 2. The summed E-state index contributed by atoms with van der Waals surface area (Å²) in [6.07, 6.45) is 3.44. The number of rotatable bonds is 9. The van der Waals surface area contributed by atoms with E-state index in [2.05, 4.69) is 40.7 Å². The highest BCUT2D eigenvalue weighted by Crippen LogP contribution is 2.19. The van der Waals surface area contributed by atoms with Crippen molar-refractivity contribution >= 4 is 11.8 Å². The van der Waals surface area contributed by atoms with E-state index in [-0.39, 0.29) is 17.6 Å². The van der Waals surface area contributed by atoms with Gasteiger partial charge in [-0.3, -0.25) is 14.5 Å². The Kier molecular flexibility index (Phi) is 8.59. The Morgan fingerprint density at radius 1 is 1.06 bits per heavy atom. The Balaban J connectivity index is 1.38. The summed E-state index contributed by atoms with van der Waals surface area (Å²) in [7, 11) is 0. The molecule has 1 unspecified atom stereocenters. The molecule has 2 aromatic carbocycles. The first-order chi connectivity index (χ1) is 15.0. The molecule has 0 bridgehead atoms. The minimum atomic E-state index is -0.375. The first kappa shape index (κ1) is 22.9. The number of nitrogens with zero attached hydrogens (tertiary/aromatic N) is 1. The maximum absolute atomic E-state index is 12.9. The zero-order valence-electron chi connectivity index (χ0n) is 18.2. The van der Waals surface area contributed by atoms with E-state index in [0.29, 0.717) is 31.5 Å². The number of nitrogens with one attached hydrogen (secondary N) is 2. The van der Waals surface area contributed by atoms with Crippen LogP contribution < -0.4 is 10.6 Å². The fraction of sp³-hybridized carbons (Fsp3) is 0.440. The highest BCUT2D eigenvalue weighted by Gasteiger charge is 2.17. The van der Waals surface area contributed by atoms with Crippen molar-refractivity contribution in [2.45, 2.75) is 45.7 Å². The van der Waals surface area contributed by atoms with Crippen LogP contribution in [0, 0.1) is 11.7 Å². The van der Waals surface area contributed by atoms with Gasteiger partial charge in [0.05, 0.1) is 0 Å². The number of hydrogen-bond acceptors (Lipinski definition) is 3. The minimum Gasteiger partial charge on any atom is -0.352 e. The lowest BCUT2D eigenvalue weighted by Crippen LogP contribution is -2.34. The molecule has 0 aromatic heterocycles. The summed E-state index contributed by atoms with van der Waals surface area (Å²) in [6, 6.07) is 13.7. The highest BCUT2D eigenvalue weighted by atomic mass is 19.1. The molecule has 1 aliphatic heterocycles. The molecule has 31 heavy (non-hydrogen) atoms. The van der Waals surface area contributed by atoms with E-state index in [1.807, 2.05) is 6.07 Å². The Morgan fingerprint density at radius 2 is 1.81 bits per heavy atom. The van der Waals surface area contributed by atoms with Crippen molar-refractivity contribution in [1.29, 1.82) is 0 Å². The van der Waals surface area contributed by atoms with Crippen LogP contribution >= 0.6 is 0 Å². The van der Waals surface area contributed by atoms with E-state index < -0.39 is 0 Å². The summed E-state index contributed by atoms with van der Waals surface area (Å²) < 4.78 is 12.9. The van der Waals surface area contributed by atoms with Gasteiger partial charge in [-0.25, -0.2) is 4.39 Å². The molecule has 2 amide bonds. The maximum atomic E-state index is 12.9. The number of amides is 2. The quantitative estimate of drug-likeness (QED) is 0.600. The van der Waals surface area contributed by atoms with Crippen molar-refractivity contribution < 1.29 is 14.0 Å².